The van der Waals surface area contributed by atoms with Crippen LogP contribution in [0.25, 0.3) is 0 Å². The molecule has 0 heterocycles. The van der Waals surface area contributed by atoms with E-state index < -0.39 is 0 Å². The molecule has 0 heteroatoms. The summed E-state index contributed by atoms with van der Waals surface area (Å²) in [5, 5.41) is 0. The van der Waals surface area contributed by atoms with E-state index in [1.54, 1.807) is 0 Å². The second-order valence-electron chi connectivity index (χ2n) is 6.60. The Morgan fingerprint density at radius 3 is 1.58 bits per heavy atom. The number of rotatable bonds is 12. The van der Waals surface area contributed by atoms with Gasteiger partial charge in [0.2, 0.25) is 0 Å². The molecule has 0 bridgehead atoms. The SMILES string of the molecule is CCCCCCCCCCCCC[C]1CCCCC1. The van der Waals surface area contributed by atoms with Crippen molar-refractivity contribution in [1.82, 2.24) is 0 Å². The fourth-order valence-corrected chi connectivity index (χ4v) is 3.34. The standard InChI is InChI=1S/C19H37/c1-2-3-4-5-6-7-8-9-10-11-13-16-19-17-14-12-15-18-19/h2-18H2,1H3. The summed E-state index contributed by atoms with van der Waals surface area (Å²) in [7, 11) is 0. The van der Waals surface area contributed by atoms with Gasteiger partial charge in [-0.3, -0.25) is 0 Å². The molecule has 1 aliphatic carbocycles. The van der Waals surface area contributed by atoms with Gasteiger partial charge in [-0.05, 0) is 25.2 Å². The van der Waals surface area contributed by atoms with Gasteiger partial charge >= 0.3 is 0 Å². The summed E-state index contributed by atoms with van der Waals surface area (Å²) in [5.74, 6) is 1.89. The zero-order chi connectivity index (χ0) is 13.6. The van der Waals surface area contributed by atoms with Crippen molar-refractivity contribution in [3.05, 3.63) is 5.92 Å². The second kappa shape index (κ2) is 13.0. The third-order valence-corrected chi connectivity index (χ3v) is 4.69. The summed E-state index contributed by atoms with van der Waals surface area (Å²) in [6.45, 7) is 2.30. The molecule has 0 atom stereocenters. The van der Waals surface area contributed by atoms with Crippen molar-refractivity contribution in [2.75, 3.05) is 0 Å². The van der Waals surface area contributed by atoms with Crippen molar-refractivity contribution in [2.24, 2.45) is 0 Å². The van der Waals surface area contributed by atoms with Gasteiger partial charge in [-0.15, -0.1) is 0 Å². The molecule has 1 radical (unpaired) electrons. The van der Waals surface area contributed by atoms with Crippen LogP contribution < -0.4 is 0 Å². The highest BCUT2D eigenvalue weighted by Crippen LogP contribution is 2.29. The van der Waals surface area contributed by atoms with Crippen molar-refractivity contribution in [1.29, 1.82) is 0 Å². The minimum Gasteiger partial charge on any atom is -0.0654 e. The Hall–Kier alpha value is 0. The molecule has 0 N–H and O–H groups in total. The molecular formula is C19H37. The highest BCUT2D eigenvalue weighted by atomic mass is 14.2. The van der Waals surface area contributed by atoms with Crippen molar-refractivity contribution >= 4 is 0 Å². The van der Waals surface area contributed by atoms with E-state index in [1.165, 1.54) is 109 Å². The van der Waals surface area contributed by atoms with Gasteiger partial charge in [-0.2, -0.15) is 0 Å². The van der Waals surface area contributed by atoms with Crippen LogP contribution in [0.3, 0.4) is 0 Å². The lowest BCUT2D eigenvalue weighted by Gasteiger charge is -2.20. The van der Waals surface area contributed by atoms with Crippen LogP contribution in [0.15, 0.2) is 0 Å². The van der Waals surface area contributed by atoms with Gasteiger partial charge < -0.3 is 0 Å². The second-order valence-corrected chi connectivity index (χ2v) is 6.60. The third-order valence-electron chi connectivity index (χ3n) is 4.69. The van der Waals surface area contributed by atoms with Crippen LogP contribution in [0.1, 0.15) is 116 Å². The molecule has 0 unspecified atom stereocenters. The summed E-state index contributed by atoms with van der Waals surface area (Å²) in [6, 6.07) is 0. The Kier molecular flexibility index (Phi) is 11.7. The maximum Gasteiger partial charge on any atom is -0.0241 e. The van der Waals surface area contributed by atoms with Crippen LogP contribution >= 0.6 is 0 Å². The molecule has 0 aliphatic heterocycles. The Labute approximate surface area is 122 Å². The van der Waals surface area contributed by atoms with E-state index in [9.17, 15) is 0 Å². The molecule has 19 heavy (non-hydrogen) atoms. The molecule has 0 aromatic heterocycles. The molecule has 113 valence electrons. The highest BCUT2D eigenvalue weighted by molar-refractivity contribution is 4.91. The number of hydrogen-bond donors (Lipinski definition) is 0. The van der Waals surface area contributed by atoms with Gasteiger partial charge in [0.15, 0.2) is 0 Å². The monoisotopic (exact) mass is 265 g/mol. The molecule has 1 fully saturated rings. The zero-order valence-corrected chi connectivity index (χ0v) is 13.5. The topological polar surface area (TPSA) is 0 Å². The lowest BCUT2D eigenvalue weighted by molar-refractivity contribution is 0.483. The third kappa shape index (κ3) is 10.4. The zero-order valence-electron chi connectivity index (χ0n) is 13.5. The summed E-state index contributed by atoms with van der Waals surface area (Å²) in [5.41, 5.74) is 0. The van der Waals surface area contributed by atoms with Gasteiger partial charge in [-0.1, -0.05) is 96.8 Å². The van der Waals surface area contributed by atoms with E-state index in [4.69, 9.17) is 0 Å². The fraction of sp³-hybridized carbons (Fsp3) is 0.947. The molecule has 1 saturated carbocycles. The largest absolute Gasteiger partial charge is 0.0654 e. The quantitative estimate of drug-likeness (QED) is 0.327. The van der Waals surface area contributed by atoms with Gasteiger partial charge in [0.05, 0.1) is 0 Å². The summed E-state index contributed by atoms with van der Waals surface area (Å²) in [6.07, 6.45) is 25.0. The van der Waals surface area contributed by atoms with Crippen molar-refractivity contribution in [3.8, 4) is 0 Å². The molecule has 0 aromatic carbocycles. The minimum atomic E-state index is 1.37. The normalized spacial score (nSPS) is 16.9. The Morgan fingerprint density at radius 1 is 0.579 bits per heavy atom. The van der Waals surface area contributed by atoms with Crippen LogP contribution in [0.2, 0.25) is 0 Å². The van der Waals surface area contributed by atoms with Crippen molar-refractivity contribution in [3.63, 3.8) is 0 Å². The summed E-state index contributed by atoms with van der Waals surface area (Å²) < 4.78 is 0. The fourth-order valence-electron chi connectivity index (χ4n) is 3.34. The molecule has 0 aromatic rings. The van der Waals surface area contributed by atoms with Gasteiger partial charge in [-0.25, -0.2) is 0 Å². The van der Waals surface area contributed by atoms with Crippen LogP contribution in [0.5, 0.6) is 0 Å². The first kappa shape index (κ1) is 17.1. The molecule has 0 nitrogen and oxygen atoms in total. The lowest BCUT2D eigenvalue weighted by Crippen LogP contribution is -2.03. The van der Waals surface area contributed by atoms with E-state index in [0.29, 0.717) is 0 Å². The predicted molar refractivity (Wildman–Crippen MR) is 87.4 cm³/mol. The van der Waals surface area contributed by atoms with Crippen LogP contribution in [0, 0.1) is 5.92 Å². The summed E-state index contributed by atoms with van der Waals surface area (Å²) >= 11 is 0. The van der Waals surface area contributed by atoms with Crippen LogP contribution in [0.4, 0.5) is 0 Å². The Morgan fingerprint density at radius 2 is 1.05 bits per heavy atom. The van der Waals surface area contributed by atoms with Gasteiger partial charge in [0, 0.05) is 0 Å². The maximum atomic E-state index is 2.30. The van der Waals surface area contributed by atoms with E-state index in [0.717, 1.165) is 0 Å². The Bertz CT molecular complexity index is 167. The van der Waals surface area contributed by atoms with Crippen molar-refractivity contribution < 1.29 is 0 Å². The molecule has 0 amide bonds. The molecule has 1 aliphatic rings. The Balaban J connectivity index is 1.71. The molecular weight excluding hydrogens is 228 g/mol. The average Bonchev–Trinajstić information content (AvgIpc) is 2.46. The summed E-state index contributed by atoms with van der Waals surface area (Å²) in [4.78, 5) is 0. The van der Waals surface area contributed by atoms with Gasteiger partial charge in [0.25, 0.3) is 0 Å². The highest BCUT2D eigenvalue weighted by Gasteiger charge is 2.12. The number of hydrogen-bond acceptors (Lipinski definition) is 0. The molecule has 0 saturated heterocycles. The maximum absolute atomic E-state index is 2.30. The smallest absolute Gasteiger partial charge is 0.0241 e. The number of unbranched alkanes of at least 4 members (excludes halogenated alkanes) is 10. The van der Waals surface area contributed by atoms with E-state index in [-0.39, 0.29) is 0 Å². The molecule has 1 rings (SSSR count). The van der Waals surface area contributed by atoms with E-state index in [1.807, 2.05) is 5.92 Å². The first-order valence-corrected chi connectivity index (χ1v) is 9.27. The average molecular weight is 266 g/mol. The van der Waals surface area contributed by atoms with E-state index >= 15 is 0 Å². The first-order chi connectivity index (χ1) is 9.43. The lowest BCUT2D eigenvalue weighted by atomic mass is 9.85. The first-order valence-electron chi connectivity index (χ1n) is 9.27. The van der Waals surface area contributed by atoms with Gasteiger partial charge in [0.1, 0.15) is 0 Å². The van der Waals surface area contributed by atoms with E-state index in [2.05, 4.69) is 6.92 Å². The van der Waals surface area contributed by atoms with Crippen molar-refractivity contribution in [2.45, 2.75) is 116 Å². The van der Waals surface area contributed by atoms with Crippen LogP contribution in [-0.4, -0.2) is 0 Å². The van der Waals surface area contributed by atoms with Crippen LogP contribution in [-0.2, 0) is 0 Å². The molecule has 0 spiro atoms. The predicted octanol–water partition coefficient (Wildman–Crippen LogP) is 7.23. The minimum absolute atomic E-state index is 1.37.